The van der Waals surface area contributed by atoms with E-state index in [1.165, 1.54) is 87.0 Å². The van der Waals surface area contributed by atoms with Crippen LogP contribution in [0, 0.1) is 0 Å². The molecule has 2 amide bonds. The minimum Gasteiger partial charge on any atom is -0.497 e. The Hall–Kier alpha value is -6.64. The van der Waals surface area contributed by atoms with Crippen LogP contribution in [0.2, 0.25) is 0 Å². The second kappa shape index (κ2) is 16.6. The number of hydrogen-bond acceptors (Lipinski definition) is 8. The van der Waals surface area contributed by atoms with Crippen molar-refractivity contribution in [2.24, 2.45) is 0 Å². The molecule has 0 aliphatic heterocycles. The van der Waals surface area contributed by atoms with Gasteiger partial charge in [0.2, 0.25) is 0 Å². The lowest BCUT2D eigenvalue weighted by atomic mass is 10.0. The van der Waals surface area contributed by atoms with E-state index < -0.39 is 31.9 Å². The number of rotatable bonds is 14. The predicted octanol–water partition coefficient (Wildman–Crippen LogP) is 7.40. The van der Waals surface area contributed by atoms with Crippen LogP contribution in [0.1, 0.15) is 31.8 Å². The first-order chi connectivity index (χ1) is 26.4. The SMILES string of the molecule is COc1ccc(S(=O)(=O)Nc2ccccc2C(=O)Nc2ccc(Cc3ccc(NC(=O)c4ccccc4NS(=O)(=O)c4ccc(OC)cc4)cc3)cc2)cc1. The van der Waals surface area contributed by atoms with E-state index in [0.717, 1.165) is 11.1 Å². The molecule has 4 N–H and O–H groups in total. The average Bonchev–Trinajstić information content (AvgIpc) is 3.19. The summed E-state index contributed by atoms with van der Waals surface area (Å²) < 4.78 is 67.3. The van der Waals surface area contributed by atoms with Gasteiger partial charge in [-0.25, -0.2) is 16.8 Å². The molecule has 0 bridgehead atoms. The standard InChI is InChI=1S/C41H36N4O8S2/c1-52-32-19-23-34(24-20-32)54(48,49)44-38-9-5-3-7-36(38)40(46)42-30-15-11-28(12-16-30)27-29-13-17-31(18-14-29)43-41(47)37-8-4-6-10-39(37)45-55(50,51)35-25-21-33(53-2)22-26-35/h3-26,44-45H,27H2,1-2H3,(H,42,46)(H,43,47). The molecule has 14 heteroatoms. The maximum atomic E-state index is 13.2. The highest BCUT2D eigenvalue weighted by Gasteiger charge is 2.21. The van der Waals surface area contributed by atoms with E-state index in [1.54, 1.807) is 48.5 Å². The molecule has 0 aromatic heterocycles. The highest BCUT2D eigenvalue weighted by atomic mass is 32.2. The van der Waals surface area contributed by atoms with E-state index in [4.69, 9.17) is 9.47 Å². The number of sulfonamides is 2. The number of hydrogen-bond donors (Lipinski definition) is 4. The molecule has 55 heavy (non-hydrogen) atoms. The zero-order valence-corrected chi connectivity index (χ0v) is 31.3. The minimum atomic E-state index is -3.97. The summed E-state index contributed by atoms with van der Waals surface area (Å²) in [4.78, 5) is 26.5. The van der Waals surface area contributed by atoms with Crippen molar-refractivity contribution < 1.29 is 35.9 Å². The van der Waals surface area contributed by atoms with Crippen LogP contribution >= 0.6 is 0 Å². The molecule has 0 radical (unpaired) electrons. The largest absolute Gasteiger partial charge is 0.497 e. The monoisotopic (exact) mass is 776 g/mol. The first-order valence-corrected chi connectivity index (χ1v) is 19.7. The smallest absolute Gasteiger partial charge is 0.261 e. The lowest BCUT2D eigenvalue weighted by molar-refractivity contribution is 0.101. The summed E-state index contributed by atoms with van der Waals surface area (Å²) in [5.74, 6) is 0.0495. The van der Waals surface area contributed by atoms with Gasteiger partial charge in [-0.1, -0.05) is 48.5 Å². The molecule has 280 valence electrons. The van der Waals surface area contributed by atoms with E-state index in [0.29, 0.717) is 29.3 Å². The first kappa shape index (κ1) is 38.1. The second-order valence-corrected chi connectivity index (χ2v) is 15.5. The summed E-state index contributed by atoms with van der Waals surface area (Å²) >= 11 is 0. The fourth-order valence-corrected chi connectivity index (χ4v) is 7.66. The molecular formula is C41H36N4O8S2. The molecular weight excluding hydrogens is 741 g/mol. The number of para-hydroxylation sites is 2. The Morgan fingerprint density at radius 2 is 0.818 bits per heavy atom. The van der Waals surface area contributed by atoms with Crippen molar-refractivity contribution in [2.75, 3.05) is 34.3 Å². The summed E-state index contributed by atoms with van der Waals surface area (Å²) in [6.45, 7) is 0. The van der Waals surface area contributed by atoms with Crippen molar-refractivity contribution in [1.82, 2.24) is 0 Å². The molecule has 6 aromatic rings. The Bertz CT molecular complexity index is 2350. The van der Waals surface area contributed by atoms with Gasteiger partial charge in [-0.05, 0) is 115 Å². The van der Waals surface area contributed by atoms with Gasteiger partial charge in [-0.3, -0.25) is 19.0 Å². The predicted molar refractivity (Wildman–Crippen MR) is 212 cm³/mol. The summed E-state index contributed by atoms with van der Waals surface area (Å²) in [6.07, 6.45) is 0.564. The molecule has 0 atom stereocenters. The number of nitrogens with one attached hydrogen (secondary N) is 4. The summed E-state index contributed by atoms with van der Waals surface area (Å²) in [5, 5.41) is 5.65. The van der Waals surface area contributed by atoms with Gasteiger partial charge in [0.05, 0.1) is 46.5 Å². The number of ether oxygens (including phenoxy) is 2. The maximum Gasteiger partial charge on any atom is 0.261 e. The van der Waals surface area contributed by atoms with Gasteiger partial charge in [0.1, 0.15) is 11.5 Å². The summed E-state index contributed by atoms with van der Waals surface area (Å²) in [7, 11) is -4.97. The van der Waals surface area contributed by atoms with Crippen molar-refractivity contribution in [3.8, 4) is 11.5 Å². The summed E-state index contributed by atoms with van der Waals surface area (Å²) in [6, 6.07) is 39.0. The van der Waals surface area contributed by atoms with Crippen LogP contribution in [0.4, 0.5) is 22.7 Å². The Morgan fingerprint density at radius 1 is 0.473 bits per heavy atom. The number of methoxy groups -OCH3 is 2. The van der Waals surface area contributed by atoms with Crippen molar-refractivity contribution >= 4 is 54.6 Å². The van der Waals surface area contributed by atoms with Crippen molar-refractivity contribution in [3.63, 3.8) is 0 Å². The van der Waals surface area contributed by atoms with Gasteiger partial charge < -0.3 is 20.1 Å². The Kier molecular flexibility index (Phi) is 11.5. The van der Waals surface area contributed by atoms with E-state index in [9.17, 15) is 26.4 Å². The highest BCUT2D eigenvalue weighted by molar-refractivity contribution is 7.93. The van der Waals surface area contributed by atoms with Gasteiger partial charge in [0.25, 0.3) is 31.9 Å². The summed E-state index contributed by atoms with van der Waals surface area (Å²) in [5.41, 5.74) is 3.51. The van der Waals surface area contributed by atoms with Crippen LogP contribution in [0.15, 0.2) is 155 Å². The Balaban J connectivity index is 1.06. The van der Waals surface area contributed by atoms with E-state index in [2.05, 4.69) is 20.1 Å². The number of amides is 2. The van der Waals surface area contributed by atoms with Gasteiger partial charge in [0, 0.05) is 11.4 Å². The van der Waals surface area contributed by atoms with Crippen LogP contribution in [-0.4, -0.2) is 42.9 Å². The van der Waals surface area contributed by atoms with E-state index in [1.807, 2.05) is 24.3 Å². The van der Waals surface area contributed by atoms with Crippen LogP contribution in [-0.2, 0) is 26.5 Å². The molecule has 6 aromatic carbocycles. The lowest BCUT2D eigenvalue weighted by Gasteiger charge is -2.14. The van der Waals surface area contributed by atoms with Crippen LogP contribution < -0.4 is 29.6 Å². The third-order valence-electron chi connectivity index (χ3n) is 8.40. The zero-order chi connectivity index (χ0) is 39.0. The minimum absolute atomic E-state index is 0.0221. The average molecular weight is 777 g/mol. The molecule has 6 rings (SSSR count). The van der Waals surface area contributed by atoms with E-state index >= 15 is 0 Å². The van der Waals surface area contributed by atoms with Gasteiger partial charge in [-0.15, -0.1) is 0 Å². The normalized spacial score (nSPS) is 11.2. The Morgan fingerprint density at radius 3 is 1.16 bits per heavy atom. The third-order valence-corrected chi connectivity index (χ3v) is 11.2. The molecule has 0 aliphatic rings. The molecule has 0 saturated carbocycles. The van der Waals surface area contributed by atoms with Gasteiger partial charge in [0.15, 0.2) is 0 Å². The van der Waals surface area contributed by atoms with Crippen LogP contribution in [0.3, 0.4) is 0 Å². The second-order valence-electron chi connectivity index (χ2n) is 12.1. The fourth-order valence-electron chi connectivity index (χ4n) is 5.50. The Labute approximate surface area is 319 Å². The lowest BCUT2D eigenvalue weighted by Crippen LogP contribution is -2.18. The molecule has 12 nitrogen and oxygen atoms in total. The number of carbonyl (C=O) groups is 2. The van der Waals surface area contributed by atoms with Gasteiger partial charge in [-0.2, -0.15) is 0 Å². The molecule has 0 fully saturated rings. The van der Waals surface area contributed by atoms with Crippen molar-refractivity contribution in [3.05, 3.63) is 168 Å². The van der Waals surface area contributed by atoms with Gasteiger partial charge >= 0.3 is 0 Å². The molecule has 0 saturated heterocycles. The van der Waals surface area contributed by atoms with Crippen LogP contribution in [0.25, 0.3) is 0 Å². The van der Waals surface area contributed by atoms with Crippen molar-refractivity contribution in [2.45, 2.75) is 16.2 Å². The highest BCUT2D eigenvalue weighted by Crippen LogP contribution is 2.25. The molecule has 0 unspecified atom stereocenters. The van der Waals surface area contributed by atoms with E-state index in [-0.39, 0.29) is 32.3 Å². The number of anilines is 4. The molecule has 0 aliphatic carbocycles. The van der Waals surface area contributed by atoms with Crippen molar-refractivity contribution in [1.29, 1.82) is 0 Å². The maximum absolute atomic E-state index is 13.2. The molecule has 0 heterocycles. The quantitative estimate of drug-likeness (QED) is 0.0888. The fraction of sp³-hybridized carbons (Fsp3) is 0.0732. The van der Waals surface area contributed by atoms with Crippen LogP contribution in [0.5, 0.6) is 11.5 Å². The molecule has 0 spiro atoms. The third kappa shape index (κ3) is 9.48. The number of benzene rings is 6. The first-order valence-electron chi connectivity index (χ1n) is 16.8. The zero-order valence-electron chi connectivity index (χ0n) is 29.6. The topological polar surface area (TPSA) is 169 Å². The number of carbonyl (C=O) groups excluding carboxylic acids is 2.